The van der Waals surface area contributed by atoms with Crippen molar-refractivity contribution in [3.63, 3.8) is 0 Å². The fraction of sp³-hybridized carbons (Fsp3) is 0.0909. The standard InChI is InChI=1S/C22H19ClN2O2S/c1-25(2)22(24-18-6-4-3-5-7-18)28-20(15-26)14-19-12-13-21(27-19)16-8-10-17(23)11-9-16/h3-15H,1-2H3/b20-14-,24-22?. The molecule has 0 atom stereocenters. The average molecular weight is 411 g/mol. The van der Waals surface area contributed by atoms with Gasteiger partial charge in [0.2, 0.25) is 0 Å². The zero-order valence-corrected chi connectivity index (χ0v) is 17.1. The summed E-state index contributed by atoms with van der Waals surface area (Å²) in [5, 5.41) is 1.37. The molecule has 0 aliphatic carbocycles. The van der Waals surface area contributed by atoms with Gasteiger partial charge in [0.05, 0.1) is 10.6 Å². The predicted molar refractivity (Wildman–Crippen MR) is 118 cm³/mol. The molecule has 0 amide bonds. The van der Waals surface area contributed by atoms with Gasteiger partial charge in [0, 0.05) is 24.7 Å². The zero-order chi connectivity index (χ0) is 19.9. The van der Waals surface area contributed by atoms with E-state index in [1.807, 2.05) is 85.7 Å². The van der Waals surface area contributed by atoms with E-state index in [1.54, 1.807) is 6.08 Å². The van der Waals surface area contributed by atoms with Gasteiger partial charge < -0.3 is 9.32 Å². The molecule has 0 spiro atoms. The third-order valence-electron chi connectivity index (χ3n) is 3.73. The summed E-state index contributed by atoms with van der Waals surface area (Å²) >= 11 is 7.21. The van der Waals surface area contributed by atoms with Gasteiger partial charge in [-0.15, -0.1) is 0 Å². The number of carbonyl (C=O) groups excluding carboxylic acids is 1. The first-order chi connectivity index (χ1) is 13.5. The maximum Gasteiger partial charge on any atom is 0.168 e. The van der Waals surface area contributed by atoms with Gasteiger partial charge in [-0.05, 0) is 66.4 Å². The summed E-state index contributed by atoms with van der Waals surface area (Å²) in [6.45, 7) is 0. The summed E-state index contributed by atoms with van der Waals surface area (Å²) in [6, 6.07) is 20.7. The monoisotopic (exact) mass is 410 g/mol. The molecule has 0 aliphatic rings. The molecule has 6 heteroatoms. The van der Waals surface area contributed by atoms with Crippen molar-refractivity contribution in [2.75, 3.05) is 14.1 Å². The number of hydrogen-bond acceptors (Lipinski definition) is 4. The van der Waals surface area contributed by atoms with Gasteiger partial charge in [-0.25, -0.2) is 4.99 Å². The van der Waals surface area contributed by atoms with E-state index in [0.29, 0.717) is 26.6 Å². The van der Waals surface area contributed by atoms with Gasteiger partial charge in [0.25, 0.3) is 0 Å². The van der Waals surface area contributed by atoms with E-state index in [2.05, 4.69) is 4.99 Å². The summed E-state index contributed by atoms with van der Waals surface area (Å²) < 4.78 is 5.86. The van der Waals surface area contributed by atoms with Crippen LogP contribution in [0.3, 0.4) is 0 Å². The second kappa shape index (κ2) is 9.44. The lowest BCUT2D eigenvalue weighted by Gasteiger charge is -2.14. The van der Waals surface area contributed by atoms with E-state index in [9.17, 15) is 4.79 Å². The minimum atomic E-state index is 0.500. The van der Waals surface area contributed by atoms with Crippen molar-refractivity contribution in [2.24, 2.45) is 4.99 Å². The molecule has 4 nitrogen and oxygen atoms in total. The van der Waals surface area contributed by atoms with Crippen LogP contribution in [0, 0.1) is 0 Å². The largest absolute Gasteiger partial charge is 0.457 e. The normalized spacial score (nSPS) is 12.1. The molecule has 1 aromatic heterocycles. The van der Waals surface area contributed by atoms with Gasteiger partial charge in [-0.3, -0.25) is 4.79 Å². The molecule has 28 heavy (non-hydrogen) atoms. The topological polar surface area (TPSA) is 45.8 Å². The van der Waals surface area contributed by atoms with Crippen LogP contribution in [0.25, 0.3) is 17.4 Å². The molecule has 0 saturated heterocycles. The van der Waals surface area contributed by atoms with Crippen molar-refractivity contribution >= 4 is 46.6 Å². The highest BCUT2D eigenvalue weighted by Gasteiger charge is 2.10. The molecule has 3 rings (SSSR count). The number of benzene rings is 2. The minimum Gasteiger partial charge on any atom is -0.457 e. The SMILES string of the molecule is CN(C)C(=Nc1ccccc1)S/C(C=O)=C\c1ccc(-c2ccc(Cl)cc2)o1. The third-order valence-corrected chi connectivity index (χ3v) is 5.07. The predicted octanol–water partition coefficient (Wildman–Crippen LogP) is 6.12. The maximum atomic E-state index is 11.6. The summed E-state index contributed by atoms with van der Waals surface area (Å²) in [5.41, 5.74) is 1.75. The highest BCUT2D eigenvalue weighted by molar-refractivity contribution is 8.17. The van der Waals surface area contributed by atoms with Crippen LogP contribution >= 0.6 is 23.4 Å². The molecule has 0 N–H and O–H groups in total. The van der Waals surface area contributed by atoms with E-state index in [4.69, 9.17) is 16.0 Å². The summed E-state index contributed by atoms with van der Waals surface area (Å²) in [7, 11) is 3.78. The third kappa shape index (κ3) is 5.38. The first-order valence-electron chi connectivity index (χ1n) is 8.57. The summed E-state index contributed by atoms with van der Waals surface area (Å²) in [5.74, 6) is 1.31. The maximum absolute atomic E-state index is 11.6. The molecule has 0 fully saturated rings. The van der Waals surface area contributed by atoms with Crippen molar-refractivity contribution < 1.29 is 9.21 Å². The fourth-order valence-corrected chi connectivity index (χ4v) is 3.25. The number of allylic oxidation sites excluding steroid dienone is 1. The Morgan fingerprint density at radius 2 is 1.75 bits per heavy atom. The lowest BCUT2D eigenvalue weighted by molar-refractivity contribution is -0.104. The van der Waals surface area contributed by atoms with Gasteiger partial charge in [-0.1, -0.05) is 29.8 Å². The second-order valence-electron chi connectivity index (χ2n) is 6.10. The van der Waals surface area contributed by atoms with Gasteiger partial charge in [0.1, 0.15) is 11.5 Å². The molecule has 3 aromatic rings. The molecular formula is C22H19ClN2O2S. The van der Waals surface area contributed by atoms with Crippen LogP contribution in [-0.4, -0.2) is 30.4 Å². The first kappa shape index (κ1) is 20.0. The summed E-state index contributed by atoms with van der Waals surface area (Å²) in [6.07, 6.45) is 2.51. The molecule has 2 aromatic carbocycles. The fourth-order valence-electron chi connectivity index (χ4n) is 2.36. The molecule has 0 saturated carbocycles. The van der Waals surface area contributed by atoms with Crippen LogP contribution in [0.2, 0.25) is 5.02 Å². The van der Waals surface area contributed by atoms with E-state index in [0.717, 1.165) is 17.5 Å². The highest BCUT2D eigenvalue weighted by Crippen LogP contribution is 2.27. The zero-order valence-electron chi connectivity index (χ0n) is 15.5. The minimum absolute atomic E-state index is 0.500. The van der Waals surface area contributed by atoms with Crippen LogP contribution in [0.4, 0.5) is 5.69 Å². The number of carbonyl (C=O) groups is 1. The van der Waals surface area contributed by atoms with Gasteiger partial charge in [-0.2, -0.15) is 0 Å². The molecule has 0 radical (unpaired) electrons. The van der Waals surface area contributed by atoms with Crippen molar-refractivity contribution in [2.45, 2.75) is 0 Å². The van der Waals surface area contributed by atoms with Gasteiger partial charge in [0.15, 0.2) is 11.5 Å². The number of aliphatic imine (C=N–C) groups is 1. The number of rotatable bonds is 5. The number of thioether (sulfide) groups is 1. The Labute approximate surface area is 173 Å². The Morgan fingerprint density at radius 3 is 2.39 bits per heavy atom. The lowest BCUT2D eigenvalue weighted by Crippen LogP contribution is -2.18. The Morgan fingerprint density at radius 1 is 1.04 bits per heavy atom. The van der Waals surface area contributed by atoms with E-state index < -0.39 is 0 Å². The Kier molecular flexibility index (Phi) is 6.74. The number of amidine groups is 1. The van der Waals surface area contributed by atoms with Crippen molar-refractivity contribution in [1.82, 2.24) is 4.90 Å². The number of para-hydroxylation sites is 1. The van der Waals surface area contributed by atoms with Crippen molar-refractivity contribution in [1.29, 1.82) is 0 Å². The molecule has 0 unspecified atom stereocenters. The molecular weight excluding hydrogens is 392 g/mol. The number of aldehydes is 1. The van der Waals surface area contributed by atoms with Gasteiger partial charge >= 0.3 is 0 Å². The lowest BCUT2D eigenvalue weighted by atomic mass is 10.2. The van der Waals surface area contributed by atoms with E-state index >= 15 is 0 Å². The molecule has 142 valence electrons. The first-order valence-corrected chi connectivity index (χ1v) is 9.76. The number of nitrogens with zero attached hydrogens (tertiary/aromatic N) is 2. The molecule has 0 aliphatic heterocycles. The van der Waals surface area contributed by atoms with Crippen LogP contribution in [-0.2, 0) is 4.79 Å². The number of halogens is 1. The number of hydrogen-bond donors (Lipinski definition) is 0. The smallest absolute Gasteiger partial charge is 0.168 e. The quantitative estimate of drug-likeness (QED) is 0.220. The molecule has 1 heterocycles. The Balaban J connectivity index is 1.82. The highest BCUT2D eigenvalue weighted by atomic mass is 35.5. The van der Waals surface area contributed by atoms with Crippen molar-refractivity contribution in [3.05, 3.63) is 82.4 Å². The Bertz CT molecular complexity index is 993. The Hall–Kier alpha value is -2.76. The average Bonchev–Trinajstić information content (AvgIpc) is 3.16. The van der Waals surface area contributed by atoms with Crippen LogP contribution in [0.5, 0.6) is 0 Å². The van der Waals surface area contributed by atoms with E-state index in [1.165, 1.54) is 11.8 Å². The van der Waals surface area contributed by atoms with Crippen LogP contribution in [0.1, 0.15) is 5.76 Å². The second-order valence-corrected chi connectivity index (χ2v) is 7.58. The number of furan rings is 1. The molecule has 0 bridgehead atoms. The van der Waals surface area contributed by atoms with Crippen LogP contribution < -0.4 is 0 Å². The van der Waals surface area contributed by atoms with E-state index in [-0.39, 0.29) is 0 Å². The summed E-state index contributed by atoms with van der Waals surface area (Å²) in [4.78, 5) is 18.6. The van der Waals surface area contributed by atoms with Crippen LogP contribution in [0.15, 0.2) is 81.0 Å². The van der Waals surface area contributed by atoms with Crippen molar-refractivity contribution in [3.8, 4) is 11.3 Å².